The number of nitrogens with one attached hydrogen (secondary N) is 3. The molecule has 0 amide bonds. The molecule has 5 rings (SSSR count). The monoisotopic (exact) mass is 428 g/mol. The first kappa shape index (κ1) is 20.8. The van der Waals surface area contributed by atoms with Gasteiger partial charge in [-0.3, -0.25) is 0 Å². The molecule has 1 aliphatic rings. The van der Waals surface area contributed by atoms with Gasteiger partial charge in [0.05, 0.1) is 5.52 Å². The minimum absolute atomic E-state index is 0.417. The largest absolute Gasteiger partial charge is 0.362 e. The van der Waals surface area contributed by atoms with Gasteiger partial charge in [-0.1, -0.05) is 30.3 Å². The van der Waals surface area contributed by atoms with Gasteiger partial charge in [-0.15, -0.1) is 0 Å². The van der Waals surface area contributed by atoms with Gasteiger partial charge in [0.1, 0.15) is 5.82 Å². The number of aryl methyl sites for hydroxylation is 1. The third-order valence-electron chi connectivity index (χ3n) is 6.66. The van der Waals surface area contributed by atoms with Gasteiger partial charge in [0.25, 0.3) is 0 Å². The minimum atomic E-state index is 0.417. The molecule has 6 nitrogen and oxygen atoms in total. The van der Waals surface area contributed by atoms with Crippen molar-refractivity contribution in [1.29, 1.82) is 0 Å². The number of aromatic amines is 1. The summed E-state index contributed by atoms with van der Waals surface area (Å²) in [7, 11) is 4.06. The topological polar surface area (TPSA) is 68.9 Å². The van der Waals surface area contributed by atoms with Crippen molar-refractivity contribution >= 4 is 33.6 Å². The molecular weight excluding hydrogens is 396 g/mol. The number of hydrogen-bond donors (Lipinski definition) is 3. The van der Waals surface area contributed by atoms with Crippen LogP contribution in [0.15, 0.2) is 48.7 Å². The van der Waals surface area contributed by atoms with Crippen LogP contribution in [0, 0.1) is 6.92 Å². The van der Waals surface area contributed by atoms with Crippen molar-refractivity contribution in [3.8, 4) is 0 Å². The van der Waals surface area contributed by atoms with Crippen LogP contribution in [0.1, 0.15) is 36.8 Å². The molecule has 2 aromatic carbocycles. The van der Waals surface area contributed by atoms with E-state index in [-0.39, 0.29) is 0 Å². The lowest BCUT2D eigenvalue weighted by Crippen LogP contribution is -2.36. The lowest BCUT2D eigenvalue weighted by molar-refractivity contribution is 0.352. The number of anilines is 2. The van der Waals surface area contributed by atoms with Gasteiger partial charge in [0.15, 0.2) is 0 Å². The van der Waals surface area contributed by atoms with E-state index in [1.807, 2.05) is 26.2 Å². The van der Waals surface area contributed by atoms with Crippen molar-refractivity contribution in [3.05, 3.63) is 59.8 Å². The summed E-state index contributed by atoms with van der Waals surface area (Å²) in [6, 6.07) is 15.7. The molecule has 1 fully saturated rings. The third kappa shape index (κ3) is 4.15. The van der Waals surface area contributed by atoms with Crippen LogP contribution in [0.2, 0.25) is 0 Å². The first-order chi connectivity index (χ1) is 15.6. The molecule has 0 spiro atoms. The fraction of sp³-hybridized carbons (Fsp3) is 0.385. The number of benzene rings is 2. The number of nitrogens with zero attached hydrogens (tertiary/aromatic N) is 3. The van der Waals surface area contributed by atoms with Crippen LogP contribution in [0.5, 0.6) is 0 Å². The summed E-state index contributed by atoms with van der Waals surface area (Å²) in [5.41, 5.74) is 4.89. The number of aromatic nitrogens is 3. The number of rotatable bonds is 6. The molecule has 1 saturated carbocycles. The average molecular weight is 429 g/mol. The zero-order chi connectivity index (χ0) is 22.1. The van der Waals surface area contributed by atoms with E-state index in [4.69, 9.17) is 9.97 Å². The van der Waals surface area contributed by atoms with Crippen LogP contribution in [0.4, 0.5) is 11.8 Å². The van der Waals surface area contributed by atoms with Crippen molar-refractivity contribution < 1.29 is 0 Å². The van der Waals surface area contributed by atoms with Crippen molar-refractivity contribution in [1.82, 2.24) is 20.3 Å². The van der Waals surface area contributed by atoms with E-state index >= 15 is 0 Å². The fourth-order valence-electron chi connectivity index (χ4n) is 4.85. The Bertz CT molecular complexity index is 1220. The molecule has 6 heteroatoms. The van der Waals surface area contributed by atoms with Crippen molar-refractivity contribution in [2.24, 2.45) is 0 Å². The highest BCUT2D eigenvalue weighted by Gasteiger charge is 2.22. The summed E-state index contributed by atoms with van der Waals surface area (Å²) in [5.74, 6) is 1.69. The van der Waals surface area contributed by atoms with Gasteiger partial charge >= 0.3 is 0 Å². The Morgan fingerprint density at radius 2 is 1.69 bits per heavy atom. The summed E-state index contributed by atoms with van der Waals surface area (Å²) < 4.78 is 0. The Morgan fingerprint density at radius 1 is 0.938 bits per heavy atom. The predicted molar refractivity (Wildman–Crippen MR) is 133 cm³/mol. The molecule has 0 saturated heterocycles. The molecule has 2 aromatic heterocycles. The number of H-pyrrole nitrogens is 1. The maximum atomic E-state index is 4.80. The van der Waals surface area contributed by atoms with Gasteiger partial charge < -0.3 is 20.5 Å². The highest BCUT2D eigenvalue weighted by molar-refractivity contribution is 5.90. The lowest BCUT2D eigenvalue weighted by atomic mass is 9.91. The Kier molecular flexibility index (Phi) is 5.70. The number of hydrogen-bond acceptors (Lipinski definition) is 5. The molecule has 4 aromatic rings. The second kappa shape index (κ2) is 8.79. The van der Waals surface area contributed by atoms with E-state index in [0.717, 1.165) is 54.9 Å². The average Bonchev–Trinajstić information content (AvgIpc) is 3.22. The van der Waals surface area contributed by atoms with E-state index in [1.165, 1.54) is 22.0 Å². The van der Waals surface area contributed by atoms with Crippen LogP contribution >= 0.6 is 0 Å². The van der Waals surface area contributed by atoms with E-state index < -0.39 is 0 Å². The Balaban J connectivity index is 1.19. The van der Waals surface area contributed by atoms with E-state index in [9.17, 15) is 0 Å². The van der Waals surface area contributed by atoms with Crippen LogP contribution in [-0.4, -0.2) is 41.1 Å². The normalized spacial score (nSPS) is 18.8. The highest BCUT2D eigenvalue weighted by Crippen LogP contribution is 2.27. The lowest BCUT2D eigenvalue weighted by Gasteiger charge is -2.30. The smallest absolute Gasteiger partial charge is 0.225 e. The Morgan fingerprint density at radius 3 is 2.50 bits per heavy atom. The molecule has 0 unspecified atom stereocenters. The van der Waals surface area contributed by atoms with E-state index in [1.54, 1.807) is 0 Å². The third-order valence-corrected chi connectivity index (χ3v) is 6.66. The van der Waals surface area contributed by atoms with E-state index in [0.29, 0.717) is 12.1 Å². The molecule has 0 aliphatic heterocycles. The standard InChI is InChI=1S/C26H32N6/c1-17-7-6-9-21-18(16-28-24(17)21)15-27-19-11-13-20(14-12-19)29-26-30-23-10-5-4-8-22(23)25(31-26)32(2)3/h4-10,16,19-20,27-28H,11-15H2,1-3H3,(H,29,30,31). The number of para-hydroxylation sites is 2. The summed E-state index contributed by atoms with van der Waals surface area (Å²) in [5, 5.41) is 9.81. The first-order valence-corrected chi connectivity index (χ1v) is 11.6. The van der Waals surface area contributed by atoms with Gasteiger partial charge in [-0.25, -0.2) is 4.98 Å². The van der Waals surface area contributed by atoms with E-state index in [2.05, 4.69) is 64.0 Å². The zero-order valence-corrected chi connectivity index (χ0v) is 19.2. The van der Waals surface area contributed by atoms with Gasteiger partial charge in [-0.2, -0.15) is 4.98 Å². The van der Waals surface area contributed by atoms with Gasteiger partial charge in [-0.05, 0) is 55.9 Å². The molecule has 0 atom stereocenters. The summed E-state index contributed by atoms with van der Waals surface area (Å²) >= 11 is 0. The zero-order valence-electron chi connectivity index (χ0n) is 19.2. The summed E-state index contributed by atoms with van der Waals surface area (Å²) in [6.07, 6.45) is 6.72. The second-order valence-corrected chi connectivity index (χ2v) is 9.17. The van der Waals surface area contributed by atoms with Crippen molar-refractivity contribution in [3.63, 3.8) is 0 Å². The fourth-order valence-corrected chi connectivity index (χ4v) is 4.85. The van der Waals surface area contributed by atoms with Crippen LogP contribution in [0.3, 0.4) is 0 Å². The number of fused-ring (bicyclic) bond motifs is 2. The maximum Gasteiger partial charge on any atom is 0.225 e. The molecule has 0 bridgehead atoms. The quantitative estimate of drug-likeness (QED) is 0.403. The predicted octanol–water partition coefficient (Wildman–Crippen LogP) is 5.00. The van der Waals surface area contributed by atoms with Crippen LogP contribution in [-0.2, 0) is 6.54 Å². The molecule has 1 aliphatic carbocycles. The van der Waals surface area contributed by atoms with Crippen molar-refractivity contribution in [2.45, 2.75) is 51.2 Å². The molecule has 2 heterocycles. The Labute approximate surface area is 189 Å². The van der Waals surface area contributed by atoms with Gasteiger partial charge in [0.2, 0.25) is 5.95 Å². The maximum absolute atomic E-state index is 4.80. The van der Waals surface area contributed by atoms with Crippen LogP contribution in [0.25, 0.3) is 21.8 Å². The first-order valence-electron chi connectivity index (χ1n) is 11.6. The minimum Gasteiger partial charge on any atom is -0.362 e. The van der Waals surface area contributed by atoms with Gasteiger partial charge in [0, 0.05) is 55.2 Å². The molecule has 32 heavy (non-hydrogen) atoms. The molecule has 3 N–H and O–H groups in total. The Hall–Kier alpha value is -3.12. The summed E-state index contributed by atoms with van der Waals surface area (Å²) in [6.45, 7) is 3.07. The van der Waals surface area contributed by atoms with Crippen LogP contribution < -0.4 is 15.5 Å². The SMILES string of the molecule is Cc1cccc2c(CNC3CCC(Nc4nc(N(C)C)c5ccccc5n4)CC3)c[nH]c12. The molecule has 166 valence electrons. The summed E-state index contributed by atoms with van der Waals surface area (Å²) in [4.78, 5) is 15.1. The highest BCUT2D eigenvalue weighted by atomic mass is 15.2. The molecule has 0 radical (unpaired) electrons. The van der Waals surface area contributed by atoms with Crippen molar-refractivity contribution in [2.75, 3.05) is 24.3 Å². The molecular formula is C26H32N6. The second-order valence-electron chi connectivity index (χ2n) is 9.17.